The molecule has 0 bridgehead atoms. The summed E-state index contributed by atoms with van der Waals surface area (Å²) in [5.41, 5.74) is 0.956. The molecule has 90 valence electrons. The van der Waals surface area contributed by atoms with Crippen molar-refractivity contribution < 1.29 is 23.5 Å². The summed E-state index contributed by atoms with van der Waals surface area (Å²) < 4.78 is 15.0. The molecule has 0 fully saturated rings. The normalized spacial score (nSPS) is 17.1. The van der Waals surface area contributed by atoms with Gasteiger partial charge in [-0.3, -0.25) is 0 Å². The lowest BCUT2D eigenvalue weighted by Gasteiger charge is -2.10. The lowest BCUT2D eigenvalue weighted by molar-refractivity contribution is -0.0739. The van der Waals surface area contributed by atoms with Crippen LogP contribution in [0.5, 0.6) is 0 Å². The van der Waals surface area contributed by atoms with Crippen molar-refractivity contribution in [3.05, 3.63) is 59.5 Å². The zero-order valence-electron chi connectivity index (χ0n) is 9.16. The first-order chi connectivity index (χ1) is 8.75. The number of furan rings is 1. The highest BCUT2D eigenvalue weighted by Crippen LogP contribution is 2.31. The second-order valence-corrected chi connectivity index (χ2v) is 3.71. The number of ether oxygens (including phenoxy) is 2. The Bertz CT molecular complexity index is 600. The van der Waals surface area contributed by atoms with E-state index < -0.39 is 18.2 Å². The van der Waals surface area contributed by atoms with Crippen molar-refractivity contribution in [1.29, 1.82) is 0 Å². The van der Waals surface area contributed by atoms with Crippen LogP contribution in [0.15, 0.2) is 47.1 Å². The number of cyclic esters (lactones) is 1. The SMILES string of the molecule is O=C(O[C@H]1OC(=O)c2ccccc21)c1ccco1. The van der Waals surface area contributed by atoms with Gasteiger partial charge < -0.3 is 13.9 Å². The molecule has 1 atom stereocenters. The first kappa shape index (κ1) is 10.6. The summed E-state index contributed by atoms with van der Waals surface area (Å²) in [5, 5.41) is 0. The summed E-state index contributed by atoms with van der Waals surface area (Å²) in [6.07, 6.45) is 0.358. The lowest BCUT2D eigenvalue weighted by Crippen LogP contribution is -2.10. The predicted octanol–water partition coefficient (Wildman–Crippen LogP) is 2.31. The molecule has 1 aliphatic rings. The van der Waals surface area contributed by atoms with Gasteiger partial charge in [-0.05, 0) is 18.2 Å². The molecule has 0 amide bonds. The Morgan fingerprint density at radius 2 is 2.00 bits per heavy atom. The summed E-state index contributed by atoms with van der Waals surface area (Å²) in [6.45, 7) is 0. The third-order valence-electron chi connectivity index (χ3n) is 2.59. The van der Waals surface area contributed by atoms with Gasteiger partial charge in [0.1, 0.15) is 0 Å². The van der Waals surface area contributed by atoms with Gasteiger partial charge in [0.15, 0.2) is 0 Å². The van der Waals surface area contributed by atoms with E-state index in [-0.39, 0.29) is 5.76 Å². The average molecular weight is 244 g/mol. The standard InChI is InChI=1S/C13H8O5/c14-11-8-4-1-2-5-9(8)13(17-11)18-12(15)10-6-3-7-16-10/h1-7,13H/t13-/m1/s1. The quantitative estimate of drug-likeness (QED) is 0.758. The van der Waals surface area contributed by atoms with Gasteiger partial charge in [0, 0.05) is 5.56 Å². The third-order valence-corrected chi connectivity index (χ3v) is 2.59. The fourth-order valence-electron chi connectivity index (χ4n) is 1.75. The molecule has 0 radical (unpaired) electrons. The molecule has 0 spiro atoms. The maximum absolute atomic E-state index is 11.7. The third kappa shape index (κ3) is 1.66. The van der Waals surface area contributed by atoms with Crippen LogP contribution in [-0.4, -0.2) is 11.9 Å². The molecule has 0 saturated heterocycles. The van der Waals surface area contributed by atoms with Crippen LogP contribution in [0.3, 0.4) is 0 Å². The molecular weight excluding hydrogens is 236 g/mol. The van der Waals surface area contributed by atoms with Crippen LogP contribution in [0.1, 0.15) is 32.8 Å². The fraction of sp³-hybridized carbons (Fsp3) is 0.0769. The van der Waals surface area contributed by atoms with Crippen molar-refractivity contribution in [2.24, 2.45) is 0 Å². The highest BCUT2D eigenvalue weighted by molar-refractivity contribution is 5.94. The van der Waals surface area contributed by atoms with Gasteiger partial charge in [0.2, 0.25) is 5.76 Å². The Morgan fingerprint density at radius 3 is 2.78 bits per heavy atom. The van der Waals surface area contributed by atoms with E-state index in [4.69, 9.17) is 13.9 Å². The molecule has 1 aromatic carbocycles. The molecule has 2 heterocycles. The Kier molecular flexibility index (Phi) is 2.37. The monoisotopic (exact) mass is 244 g/mol. The van der Waals surface area contributed by atoms with Crippen molar-refractivity contribution in [2.45, 2.75) is 6.29 Å². The Morgan fingerprint density at radius 1 is 1.17 bits per heavy atom. The van der Waals surface area contributed by atoms with Gasteiger partial charge in [-0.2, -0.15) is 0 Å². The predicted molar refractivity (Wildman–Crippen MR) is 58.7 cm³/mol. The van der Waals surface area contributed by atoms with Crippen LogP contribution in [0, 0.1) is 0 Å². The van der Waals surface area contributed by atoms with Gasteiger partial charge in [-0.1, -0.05) is 18.2 Å². The van der Waals surface area contributed by atoms with Crippen LogP contribution in [0.2, 0.25) is 0 Å². The average Bonchev–Trinajstić information content (AvgIpc) is 3.00. The van der Waals surface area contributed by atoms with Crippen LogP contribution in [0.25, 0.3) is 0 Å². The van der Waals surface area contributed by atoms with Gasteiger partial charge in [0.25, 0.3) is 6.29 Å². The molecule has 5 heteroatoms. The van der Waals surface area contributed by atoms with Crippen molar-refractivity contribution in [3.8, 4) is 0 Å². The van der Waals surface area contributed by atoms with E-state index in [1.54, 1.807) is 30.3 Å². The van der Waals surface area contributed by atoms with E-state index in [1.165, 1.54) is 12.3 Å². The van der Waals surface area contributed by atoms with E-state index in [0.29, 0.717) is 11.1 Å². The van der Waals surface area contributed by atoms with Gasteiger partial charge in [-0.15, -0.1) is 0 Å². The topological polar surface area (TPSA) is 65.7 Å². The van der Waals surface area contributed by atoms with Gasteiger partial charge >= 0.3 is 11.9 Å². The molecule has 0 aliphatic carbocycles. The number of hydrogen-bond donors (Lipinski definition) is 0. The molecule has 2 aromatic rings. The number of carbonyl (C=O) groups excluding carboxylic acids is 2. The van der Waals surface area contributed by atoms with Crippen molar-refractivity contribution in [2.75, 3.05) is 0 Å². The zero-order chi connectivity index (χ0) is 12.5. The number of benzene rings is 1. The van der Waals surface area contributed by atoms with E-state index in [2.05, 4.69) is 0 Å². The molecule has 0 saturated carbocycles. The Balaban J connectivity index is 1.84. The summed E-state index contributed by atoms with van der Waals surface area (Å²) in [4.78, 5) is 23.2. The molecular formula is C13H8O5. The minimum Gasteiger partial charge on any atom is -0.457 e. The van der Waals surface area contributed by atoms with Crippen LogP contribution < -0.4 is 0 Å². The van der Waals surface area contributed by atoms with E-state index in [9.17, 15) is 9.59 Å². The first-order valence-electron chi connectivity index (χ1n) is 5.30. The van der Waals surface area contributed by atoms with E-state index >= 15 is 0 Å². The molecule has 0 unspecified atom stereocenters. The highest BCUT2D eigenvalue weighted by atomic mass is 16.7. The summed E-state index contributed by atoms with van der Waals surface area (Å²) in [7, 11) is 0. The summed E-state index contributed by atoms with van der Waals surface area (Å²) in [6, 6.07) is 9.82. The zero-order valence-corrected chi connectivity index (χ0v) is 9.16. The number of rotatable bonds is 2. The minimum atomic E-state index is -1.01. The number of fused-ring (bicyclic) bond motifs is 1. The summed E-state index contributed by atoms with van der Waals surface area (Å²) in [5.74, 6) is -1.10. The largest absolute Gasteiger partial charge is 0.457 e. The number of hydrogen-bond acceptors (Lipinski definition) is 5. The van der Waals surface area contributed by atoms with E-state index in [1.807, 2.05) is 0 Å². The summed E-state index contributed by atoms with van der Waals surface area (Å²) >= 11 is 0. The first-order valence-corrected chi connectivity index (χ1v) is 5.30. The number of carbonyl (C=O) groups is 2. The molecule has 1 aromatic heterocycles. The van der Waals surface area contributed by atoms with Crippen molar-refractivity contribution >= 4 is 11.9 Å². The molecule has 18 heavy (non-hydrogen) atoms. The molecule has 1 aliphatic heterocycles. The maximum atomic E-state index is 11.7. The Hall–Kier alpha value is -2.56. The van der Waals surface area contributed by atoms with Crippen LogP contribution in [0.4, 0.5) is 0 Å². The van der Waals surface area contributed by atoms with Gasteiger partial charge in [-0.25, -0.2) is 9.59 Å². The smallest absolute Gasteiger partial charge is 0.377 e. The minimum absolute atomic E-state index is 0.0652. The second-order valence-electron chi connectivity index (χ2n) is 3.71. The van der Waals surface area contributed by atoms with Crippen LogP contribution in [-0.2, 0) is 9.47 Å². The van der Waals surface area contributed by atoms with Crippen LogP contribution >= 0.6 is 0 Å². The molecule has 3 rings (SSSR count). The molecule has 5 nitrogen and oxygen atoms in total. The van der Waals surface area contributed by atoms with Crippen molar-refractivity contribution in [3.63, 3.8) is 0 Å². The van der Waals surface area contributed by atoms with Crippen molar-refractivity contribution in [1.82, 2.24) is 0 Å². The highest BCUT2D eigenvalue weighted by Gasteiger charge is 2.34. The Labute approximate surface area is 102 Å². The fourth-order valence-corrected chi connectivity index (χ4v) is 1.75. The number of esters is 2. The van der Waals surface area contributed by atoms with E-state index in [0.717, 1.165) is 0 Å². The molecule has 0 N–H and O–H groups in total. The van der Waals surface area contributed by atoms with Gasteiger partial charge in [0.05, 0.1) is 11.8 Å². The lowest BCUT2D eigenvalue weighted by atomic mass is 10.1. The second kappa shape index (κ2) is 4.03. The maximum Gasteiger partial charge on any atom is 0.377 e.